The topological polar surface area (TPSA) is 71.2 Å². The molecule has 0 radical (unpaired) electrons. The number of H-pyrrole nitrogens is 1. The van der Waals surface area contributed by atoms with Crippen LogP contribution in [0.2, 0.25) is 0 Å². The highest BCUT2D eigenvalue weighted by Crippen LogP contribution is 2.19. The second-order valence-corrected chi connectivity index (χ2v) is 5.34. The standard InChI is InChI=1S/C18H22N2O3/c1-4-23-18(22)15-12(2)16(20-13(15)3)17(21)19-11-10-14-8-6-5-7-9-14/h5-9,20H,4,10-11H2,1-3H3,(H,19,21). The van der Waals surface area contributed by atoms with E-state index in [2.05, 4.69) is 10.3 Å². The Morgan fingerprint density at radius 3 is 2.52 bits per heavy atom. The summed E-state index contributed by atoms with van der Waals surface area (Å²) in [5, 5.41) is 2.88. The second kappa shape index (κ2) is 7.63. The molecule has 23 heavy (non-hydrogen) atoms. The first-order chi connectivity index (χ1) is 11.0. The number of amides is 1. The van der Waals surface area contributed by atoms with Gasteiger partial charge in [0.05, 0.1) is 12.2 Å². The zero-order chi connectivity index (χ0) is 16.8. The highest BCUT2D eigenvalue weighted by molar-refractivity contribution is 6.00. The van der Waals surface area contributed by atoms with Gasteiger partial charge in [0.2, 0.25) is 0 Å². The second-order valence-electron chi connectivity index (χ2n) is 5.34. The SMILES string of the molecule is CCOC(=O)c1c(C)[nH]c(C(=O)NCCc2ccccc2)c1C. The average Bonchev–Trinajstić information content (AvgIpc) is 2.83. The number of nitrogens with one attached hydrogen (secondary N) is 2. The van der Waals surface area contributed by atoms with E-state index in [1.165, 1.54) is 5.56 Å². The molecule has 1 aromatic heterocycles. The maximum atomic E-state index is 12.3. The van der Waals surface area contributed by atoms with E-state index in [0.29, 0.717) is 35.7 Å². The number of carbonyl (C=O) groups is 2. The fourth-order valence-electron chi connectivity index (χ4n) is 2.54. The molecular weight excluding hydrogens is 292 g/mol. The average molecular weight is 314 g/mol. The Labute approximate surface area is 136 Å². The minimum Gasteiger partial charge on any atom is -0.462 e. The van der Waals surface area contributed by atoms with Crippen LogP contribution in [0, 0.1) is 13.8 Å². The van der Waals surface area contributed by atoms with Crippen molar-refractivity contribution in [3.05, 3.63) is 58.4 Å². The quantitative estimate of drug-likeness (QED) is 0.805. The predicted octanol–water partition coefficient (Wildman–Crippen LogP) is 2.78. The van der Waals surface area contributed by atoms with Gasteiger partial charge in [-0.3, -0.25) is 4.79 Å². The largest absolute Gasteiger partial charge is 0.462 e. The molecule has 0 fully saturated rings. The van der Waals surface area contributed by atoms with E-state index in [4.69, 9.17) is 4.74 Å². The molecule has 0 aliphatic rings. The van der Waals surface area contributed by atoms with Crippen LogP contribution in [-0.4, -0.2) is 30.0 Å². The number of carbonyl (C=O) groups excluding carboxylic acids is 2. The van der Waals surface area contributed by atoms with Crippen molar-refractivity contribution in [2.45, 2.75) is 27.2 Å². The van der Waals surface area contributed by atoms with Gasteiger partial charge in [0.1, 0.15) is 5.69 Å². The van der Waals surface area contributed by atoms with Crippen LogP contribution in [0.25, 0.3) is 0 Å². The number of benzene rings is 1. The molecule has 0 spiro atoms. The monoisotopic (exact) mass is 314 g/mol. The van der Waals surface area contributed by atoms with Crippen LogP contribution in [0.1, 0.15) is 44.6 Å². The van der Waals surface area contributed by atoms with Crippen molar-refractivity contribution in [3.8, 4) is 0 Å². The Bertz CT molecular complexity index is 690. The van der Waals surface area contributed by atoms with E-state index in [1.54, 1.807) is 20.8 Å². The van der Waals surface area contributed by atoms with E-state index < -0.39 is 5.97 Å². The first-order valence-electron chi connectivity index (χ1n) is 7.73. The van der Waals surface area contributed by atoms with E-state index in [0.717, 1.165) is 6.42 Å². The summed E-state index contributed by atoms with van der Waals surface area (Å²) in [6.45, 7) is 6.12. The lowest BCUT2D eigenvalue weighted by molar-refractivity contribution is 0.0525. The molecule has 5 nitrogen and oxygen atoms in total. The normalized spacial score (nSPS) is 10.4. The van der Waals surface area contributed by atoms with Gasteiger partial charge in [-0.2, -0.15) is 0 Å². The van der Waals surface area contributed by atoms with E-state index >= 15 is 0 Å². The van der Waals surface area contributed by atoms with E-state index in [-0.39, 0.29) is 5.91 Å². The van der Waals surface area contributed by atoms with Crippen LogP contribution in [0.5, 0.6) is 0 Å². The molecule has 5 heteroatoms. The first-order valence-corrected chi connectivity index (χ1v) is 7.73. The number of rotatable bonds is 6. The summed E-state index contributed by atoms with van der Waals surface area (Å²) in [6, 6.07) is 9.96. The number of hydrogen-bond donors (Lipinski definition) is 2. The zero-order valence-corrected chi connectivity index (χ0v) is 13.7. The van der Waals surface area contributed by atoms with Crippen LogP contribution in [0.3, 0.4) is 0 Å². The molecular formula is C18H22N2O3. The third-order valence-electron chi connectivity index (χ3n) is 3.69. The van der Waals surface area contributed by atoms with E-state index in [9.17, 15) is 9.59 Å². The van der Waals surface area contributed by atoms with Gasteiger partial charge in [-0.05, 0) is 38.3 Å². The molecule has 0 atom stereocenters. The predicted molar refractivity (Wildman–Crippen MR) is 88.7 cm³/mol. The van der Waals surface area contributed by atoms with Crippen molar-refractivity contribution in [1.29, 1.82) is 0 Å². The fourth-order valence-corrected chi connectivity index (χ4v) is 2.54. The molecule has 0 aliphatic carbocycles. The summed E-state index contributed by atoms with van der Waals surface area (Å²) in [4.78, 5) is 27.2. The molecule has 0 aliphatic heterocycles. The van der Waals surface area contributed by atoms with Gasteiger partial charge >= 0.3 is 5.97 Å². The Morgan fingerprint density at radius 2 is 1.87 bits per heavy atom. The van der Waals surface area contributed by atoms with Crippen molar-refractivity contribution in [2.75, 3.05) is 13.2 Å². The molecule has 0 unspecified atom stereocenters. The lowest BCUT2D eigenvalue weighted by Gasteiger charge is -2.05. The lowest BCUT2D eigenvalue weighted by Crippen LogP contribution is -2.26. The molecule has 0 bridgehead atoms. The first kappa shape index (κ1) is 16.8. The maximum Gasteiger partial charge on any atom is 0.340 e. The van der Waals surface area contributed by atoms with Crippen LogP contribution in [0.15, 0.2) is 30.3 Å². The van der Waals surface area contributed by atoms with Crippen LogP contribution in [-0.2, 0) is 11.2 Å². The number of hydrogen-bond acceptors (Lipinski definition) is 3. The van der Waals surface area contributed by atoms with Gasteiger partial charge in [-0.15, -0.1) is 0 Å². The van der Waals surface area contributed by atoms with Gasteiger partial charge in [-0.25, -0.2) is 4.79 Å². The zero-order valence-electron chi connectivity index (χ0n) is 13.7. The highest BCUT2D eigenvalue weighted by atomic mass is 16.5. The molecule has 2 N–H and O–H groups in total. The van der Waals surface area contributed by atoms with Gasteiger partial charge in [0, 0.05) is 12.2 Å². The highest BCUT2D eigenvalue weighted by Gasteiger charge is 2.22. The number of aromatic amines is 1. The minimum atomic E-state index is -0.401. The van der Waals surface area contributed by atoms with Gasteiger partial charge in [-0.1, -0.05) is 30.3 Å². The van der Waals surface area contributed by atoms with Crippen LogP contribution < -0.4 is 5.32 Å². The van der Waals surface area contributed by atoms with Crippen LogP contribution >= 0.6 is 0 Å². The van der Waals surface area contributed by atoms with Gasteiger partial charge in [0.25, 0.3) is 5.91 Å². The lowest BCUT2D eigenvalue weighted by atomic mass is 10.1. The molecule has 122 valence electrons. The van der Waals surface area contributed by atoms with Crippen molar-refractivity contribution in [3.63, 3.8) is 0 Å². The summed E-state index contributed by atoms with van der Waals surface area (Å²) in [6.07, 6.45) is 0.760. The summed E-state index contributed by atoms with van der Waals surface area (Å²) in [7, 11) is 0. The third kappa shape index (κ3) is 4.00. The summed E-state index contributed by atoms with van der Waals surface area (Å²) < 4.78 is 5.03. The molecule has 1 aromatic carbocycles. The Kier molecular flexibility index (Phi) is 5.57. The summed E-state index contributed by atoms with van der Waals surface area (Å²) in [5.41, 5.74) is 3.30. The summed E-state index contributed by atoms with van der Waals surface area (Å²) >= 11 is 0. The number of ether oxygens (including phenoxy) is 1. The number of aromatic nitrogens is 1. The molecule has 1 heterocycles. The van der Waals surface area contributed by atoms with Crippen molar-refractivity contribution in [2.24, 2.45) is 0 Å². The maximum absolute atomic E-state index is 12.3. The molecule has 2 rings (SSSR count). The Hall–Kier alpha value is -2.56. The molecule has 1 amide bonds. The van der Waals surface area contributed by atoms with Crippen LogP contribution in [0.4, 0.5) is 0 Å². The molecule has 0 saturated carbocycles. The Morgan fingerprint density at radius 1 is 1.17 bits per heavy atom. The van der Waals surface area contributed by atoms with E-state index in [1.807, 2.05) is 30.3 Å². The third-order valence-corrected chi connectivity index (χ3v) is 3.69. The van der Waals surface area contributed by atoms with Crippen molar-refractivity contribution in [1.82, 2.24) is 10.3 Å². The number of aryl methyl sites for hydroxylation is 1. The number of esters is 1. The molecule has 2 aromatic rings. The van der Waals surface area contributed by atoms with Gasteiger partial charge < -0.3 is 15.0 Å². The molecule has 0 saturated heterocycles. The summed E-state index contributed by atoms with van der Waals surface area (Å²) in [5.74, 6) is -0.612. The van der Waals surface area contributed by atoms with Crippen molar-refractivity contribution >= 4 is 11.9 Å². The fraction of sp³-hybridized carbons (Fsp3) is 0.333. The minimum absolute atomic E-state index is 0.211. The van der Waals surface area contributed by atoms with Crippen molar-refractivity contribution < 1.29 is 14.3 Å². The van der Waals surface area contributed by atoms with Gasteiger partial charge in [0.15, 0.2) is 0 Å². The Balaban J connectivity index is 2.02. The smallest absolute Gasteiger partial charge is 0.340 e.